The van der Waals surface area contributed by atoms with E-state index < -0.39 is 0 Å². The number of carbonyl (C=O) groups excluding carboxylic acids is 2. The van der Waals surface area contributed by atoms with Gasteiger partial charge in [-0.1, -0.05) is 35.5 Å². The van der Waals surface area contributed by atoms with Gasteiger partial charge in [0.05, 0.1) is 27.8 Å². The van der Waals surface area contributed by atoms with Gasteiger partial charge in [0.25, 0.3) is 11.6 Å². The Kier molecular flexibility index (Phi) is 4.98. The largest absolute Gasteiger partial charge is 0.339 e. The van der Waals surface area contributed by atoms with Crippen LogP contribution in [0.2, 0.25) is 0 Å². The number of nitrogens with zero attached hydrogens (tertiary/aromatic N) is 4. The number of hydrogen-bond donors (Lipinski definition) is 0. The van der Waals surface area contributed by atoms with E-state index in [1.54, 1.807) is 0 Å². The molecule has 4 saturated carbocycles. The zero-order valence-electron chi connectivity index (χ0n) is 20.8. The van der Waals surface area contributed by atoms with Crippen LogP contribution < -0.4 is 0 Å². The van der Waals surface area contributed by atoms with Crippen molar-refractivity contribution < 1.29 is 14.1 Å². The molecule has 3 heterocycles. The number of aromatic nitrogens is 2. The molecule has 0 N–H and O–H groups in total. The Labute approximate surface area is 210 Å². The summed E-state index contributed by atoms with van der Waals surface area (Å²) in [6, 6.07) is 11.7. The van der Waals surface area contributed by atoms with E-state index in [9.17, 15) is 9.59 Å². The molecule has 4 bridgehead atoms. The molecule has 5 fully saturated rings. The first-order chi connectivity index (χ1) is 17.5. The minimum atomic E-state index is -0.123. The summed E-state index contributed by atoms with van der Waals surface area (Å²) in [6.07, 6.45) is 7.26. The lowest BCUT2D eigenvalue weighted by Crippen LogP contribution is -2.58. The average molecular weight is 485 g/mol. The van der Waals surface area contributed by atoms with Crippen LogP contribution in [0.1, 0.15) is 54.6 Å². The molecule has 36 heavy (non-hydrogen) atoms. The molecule has 8 rings (SSSR count). The summed E-state index contributed by atoms with van der Waals surface area (Å²) >= 11 is 0. The van der Waals surface area contributed by atoms with Gasteiger partial charge in [-0.2, -0.15) is 0 Å². The Hall–Kier alpha value is -3.22. The molecule has 0 radical (unpaired) electrons. The third kappa shape index (κ3) is 3.46. The summed E-state index contributed by atoms with van der Waals surface area (Å²) in [4.78, 5) is 36.1. The third-order valence-corrected chi connectivity index (χ3v) is 9.26. The van der Waals surface area contributed by atoms with Crippen LogP contribution in [0.4, 0.5) is 0 Å². The fourth-order valence-electron chi connectivity index (χ4n) is 8.01. The Morgan fingerprint density at radius 1 is 0.917 bits per heavy atom. The van der Waals surface area contributed by atoms with E-state index in [-0.39, 0.29) is 11.3 Å². The van der Waals surface area contributed by atoms with Crippen LogP contribution in [0.25, 0.3) is 22.4 Å². The van der Waals surface area contributed by atoms with Crippen LogP contribution in [-0.4, -0.2) is 57.9 Å². The van der Waals surface area contributed by atoms with E-state index in [0.29, 0.717) is 60.1 Å². The summed E-state index contributed by atoms with van der Waals surface area (Å²) in [5.74, 6) is 2.57. The lowest BCUT2D eigenvalue weighted by atomic mass is 9.49. The highest BCUT2D eigenvalue weighted by Gasteiger charge is 2.55. The number of hydrogen-bond acceptors (Lipinski definition) is 5. The van der Waals surface area contributed by atoms with Gasteiger partial charge in [0.2, 0.25) is 5.91 Å². The SMILES string of the molecule is Cc1noc2nc(-c3ccccc3)cc(C(=O)N3CCN(C(=O)C45CC6CC(CC(C6)C4)C5)CC3)c12. The summed E-state index contributed by atoms with van der Waals surface area (Å²) < 4.78 is 5.47. The van der Waals surface area contributed by atoms with Gasteiger partial charge < -0.3 is 14.3 Å². The number of carbonyl (C=O) groups is 2. The normalized spacial score (nSPS) is 29.2. The second-order valence-corrected chi connectivity index (χ2v) is 11.7. The minimum absolute atomic E-state index is 0.0483. The van der Waals surface area contributed by atoms with E-state index in [0.717, 1.165) is 42.6 Å². The van der Waals surface area contributed by atoms with E-state index in [1.807, 2.05) is 48.2 Å². The maximum atomic E-state index is 13.8. The van der Waals surface area contributed by atoms with Crippen molar-refractivity contribution in [2.75, 3.05) is 26.2 Å². The molecule has 7 nitrogen and oxygen atoms in total. The highest BCUT2D eigenvalue weighted by molar-refractivity contribution is 6.07. The smallest absolute Gasteiger partial charge is 0.259 e. The fourth-order valence-corrected chi connectivity index (χ4v) is 8.01. The lowest BCUT2D eigenvalue weighted by Gasteiger charge is -2.57. The number of fused-ring (bicyclic) bond motifs is 1. The molecule has 0 atom stereocenters. The van der Waals surface area contributed by atoms with Gasteiger partial charge in [-0.3, -0.25) is 9.59 Å². The predicted molar refractivity (Wildman–Crippen MR) is 135 cm³/mol. The van der Waals surface area contributed by atoms with Crippen LogP contribution >= 0.6 is 0 Å². The van der Waals surface area contributed by atoms with Gasteiger partial charge in [-0.05, 0) is 69.3 Å². The molecule has 186 valence electrons. The highest BCUT2D eigenvalue weighted by Crippen LogP contribution is 2.60. The maximum Gasteiger partial charge on any atom is 0.259 e. The van der Waals surface area contributed by atoms with Crippen LogP contribution in [0.15, 0.2) is 40.9 Å². The van der Waals surface area contributed by atoms with E-state index in [2.05, 4.69) is 15.0 Å². The summed E-state index contributed by atoms with van der Waals surface area (Å²) in [5, 5.41) is 4.76. The maximum absolute atomic E-state index is 13.8. The number of piperazine rings is 1. The highest BCUT2D eigenvalue weighted by atomic mass is 16.5. The standard InChI is InChI=1S/C29H32N4O3/c1-18-25-23(14-24(30-26(25)36-31-18)22-5-3-2-4-6-22)27(34)32-7-9-33(10-8-32)28(35)29-15-19-11-20(16-29)13-21(12-19)17-29/h2-6,14,19-21H,7-13,15-17H2,1H3. The first-order valence-corrected chi connectivity index (χ1v) is 13.4. The third-order valence-electron chi connectivity index (χ3n) is 9.26. The molecule has 2 amide bonds. The predicted octanol–water partition coefficient (Wildman–Crippen LogP) is 4.70. The zero-order valence-corrected chi connectivity index (χ0v) is 20.8. The fraction of sp³-hybridized carbons (Fsp3) is 0.517. The van der Waals surface area contributed by atoms with Gasteiger partial charge in [0, 0.05) is 31.7 Å². The Balaban J connectivity index is 1.11. The Bertz CT molecular complexity index is 1300. The van der Waals surface area contributed by atoms with Gasteiger partial charge in [-0.15, -0.1) is 0 Å². The van der Waals surface area contributed by atoms with Crippen LogP contribution in [0.5, 0.6) is 0 Å². The van der Waals surface area contributed by atoms with Crippen molar-refractivity contribution in [1.82, 2.24) is 19.9 Å². The van der Waals surface area contributed by atoms with Crippen molar-refractivity contribution in [3.05, 3.63) is 47.7 Å². The van der Waals surface area contributed by atoms with Crippen LogP contribution in [0, 0.1) is 30.1 Å². The van der Waals surface area contributed by atoms with Crippen LogP contribution in [-0.2, 0) is 4.79 Å². The van der Waals surface area contributed by atoms with Gasteiger partial charge in [0.1, 0.15) is 0 Å². The molecule has 4 aliphatic carbocycles. The second kappa shape index (κ2) is 8.15. The minimum Gasteiger partial charge on any atom is -0.339 e. The topological polar surface area (TPSA) is 79.5 Å². The molecular formula is C29H32N4O3. The number of amides is 2. The lowest BCUT2D eigenvalue weighted by molar-refractivity contribution is -0.159. The van der Waals surface area contributed by atoms with Gasteiger partial charge in [0.15, 0.2) is 0 Å². The van der Waals surface area contributed by atoms with Crippen molar-refractivity contribution in [2.45, 2.75) is 45.4 Å². The van der Waals surface area contributed by atoms with Crippen molar-refractivity contribution >= 4 is 22.9 Å². The average Bonchev–Trinajstić information content (AvgIpc) is 3.28. The number of benzene rings is 1. The summed E-state index contributed by atoms with van der Waals surface area (Å²) in [5.41, 5.74) is 3.11. The molecule has 3 aromatic rings. The van der Waals surface area contributed by atoms with Crippen molar-refractivity contribution in [1.29, 1.82) is 0 Å². The molecule has 1 aliphatic heterocycles. The van der Waals surface area contributed by atoms with E-state index >= 15 is 0 Å². The van der Waals surface area contributed by atoms with Gasteiger partial charge >= 0.3 is 0 Å². The molecule has 1 saturated heterocycles. The van der Waals surface area contributed by atoms with E-state index in [4.69, 9.17) is 4.52 Å². The Morgan fingerprint density at radius 2 is 1.53 bits per heavy atom. The van der Waals surface area contributed by atoms with Crippen molar-refractivity contribution in [3.63, 3.8) is 0 Å². The number of pyridine rings is 1. The zero-order chi connectivity index (χ0) is 24.4. The quantitative estimate of drug-likeness (QED) is 0.538. The molecule has 5 aliphatic rings. The van der Waals surface area contributed by atoms with Crippen molar-refractivity contribution in [3.8, 4) is 11.3 Å². The molecule has 0 spiro atoms. The first kappa shape index (κ1) is 22.0. The summed E-state index contributed by atoms with van der Waals surface area (Å²) in [6.45, 7) is 4.15. The molecular weight excluding hydrogens is 452 g/mol. The van der Waals surface area contributed by atoms with Gasteiger partial charge in [-0.25, -0.2) is 4.98 Å². The first-order valence-electron chi connectivity index (χ1n) is 13.4. The number of aryl methyl sites for hydroxylation is 1. The molecule has 0 unspecified atom stereocenters. The molecule has 7 heteroatoms. The van der Waals surface area contributed by atoms with E-state index in [1.165, 1.54) is 19.3 Å². The summed E-state index contributed by atoms with van der Waals surface area (Å²) in [7, 11) is 0. The Morgan fingerprint density at radius 3 is 2.17 bits per heavy atom. The van der Waals surface area contributed by atoms with Crippen LogP contribution in [0.3, 0.4) is 0 Å². The number of rotatable bonds is 3. The van der Waals surface area contributed by atoms with Crippen molar-refractivity contribution in [2.24, 2.45) is 23.2 Å². The monoisotopic (exact) mass is 484 g/mol. The molecule has 2 aromatic heterocycles. The second-order valence-electron chi connectivity index (χ2n) is 11.7. The molecule has 1 aromatic carbocycles.